The van der Waals surface area contributed by atoms with Crippen molar-refractivity contribution < 1.29 is 13.9 Å². The average molecular weight is 475 g/mol. The van der Waals surface area contributed by atoms with Gasteiger partial charge in [-0.3, -0.25) is 9.79 Å². The minimum atomic E-state index is -0.318. The van der Waals surface area contributed by atoms with Gasteiger partial charge in [0.25, 0.3) is 5.91 Å². The van der Waals surface area contributed by atoms with Crippen molar-refractivity contribution in [1.29, 1.82) is 0 Å². The van der Waals surface area contributed by atoms with E-state index in [0.29, 0.717) is 41.9 Å². The second-order valence-corrected chi connectivity index (χ2v) is 9.55. The lowest BCUT2D eigenvalue weighted by Crippen LogP contribution is -2.49. The number of benzene rings is 1. The van der Waals surface area contributed by atoms with E-state index in [-0.39, 0.29) is 29.7 Å². The number of aliphatic imine (C=N–C) groups is 1. The largest absolute Gasteiger partial charge is 0.381 e. The predicted molar refractivity (Wildman–Crippen MR) is 131 cm³/mol. The number of halogens is 1. The topological polar surface area (TPSA) is 92.1 Å². The number of hydrogen-bond donors (Lipinski definition) is 1. The molecule has 8 nitrogen and oxygen atoms in total. The number of amides is 1. The fourth-order valence-corrected chi connectivity index (χ4v) is 5.03. The van der Waals surface area contributed by atoms with Gasteiger partial charge in [-0.1, -0.05) is 25.1 Å². The molecule has 2 atom stereocenters. The summed E-state index contributed by atoms with van der Waals surface area (Å²) in [5, 5.41) is 9.85. The zero-order valence-corrected chi connectivity index (χ0v) is 19.5. The van der Waals surface area contributed by atoms with Gasteiger partial charge >= 0.3 is 0 Å². The number of fused-ring (bicyclic) bond motifs is 1. The van der Waals surface area contributed by atoms with Gasteiger partial charge in [-0.2, -0.15) is 5.10 Å². The van der Waals surface area contributed by atoms with Crippen LogP contribution in [0.3, 0.4) is 0 Å². The molecule has 35 heavy (non-hydrogen) atoms. The number of ether oxygens (including phenoxy) is 1. The van der Waals surface area contributed by atoms with E-state index >= 15 is 0 Å². The monoisotopic (exact) mass is 474 g/mol. The Balaban J connectivity index is 1.28. The molecular weight excluding hydrogens is 447 g/mol. The number of anilines is 1. The highest BCUT2D eigenvalue weighted by atomic mass is 19.1. The Kier molecular flexibility index (Phi) is 5.64. The first-order valence-corrected chi connectivity index (χ1v) is 12.2. The van der Waals surface area contributed by atoms with Gasteiger partial charge in [0.1, 0.15) is 11.5 Å². The first-order valence-electron chi connectivity index (χ1n) is 12.2. The van der Waals surface area contributed by atoms with Gasteiger partial charge in [0.2, 0.25) is 5.95 Å². The molecule has 1 aromatic heterocycles. The molecule has 2 unspecified atom stereocenters. The number of carbonyl (C=O) groups is 1. The number of rotatable bonds is 5. The molecular formula is C26H27FN6O2. The molecule has 9 heteroatoms. The minimum absolute atomic E-state index is 0.101. The highest BCUT2D eigenvalue weighted by Gasteiger charge is 2.47. The van der Waals surface area contributed by atoms with Crippen LogP contribution in [0.5, 0.6) is 0 Å². The van der Waals surface area contributed by atoms with Crippen molar-refractivity contribution in [3.05, 3.63) is 54.2 Å². The summed E-state index contributed by atoms with van der Waals surface area (Å²) in [6.45, 7) is 3.32. The fourth-order valence-electron chi connectivity index (χ4n) is 5.03. The molecule has 0 bridgehead atoms. The smallest absolute Gasteiger partial charge is 0.266 e. The van der Waals surface area contributed by atoms with Gasteiger partial charge in [-0.25, -0.2) is 19.4 Å². The molecule has 2 fully saturated rings. The Morgan fingerprint density at radius 3 is 2.57 bits per heavy atom. The maximum Gasteiger partial charge on any atom is 0.266 e. The third-order valence-electron chi connectivity index (χ3n) is 7.12. The van der Waals surface area contributed by atoms with Gasteiger partial charge in [0, 0.05) is 66.4 Å². The van der Waals surface area contributed by atoms with Crippen LogP contribution in [0.4, 0.5) is 10.3 Å². The van der Waals surface area contributed by atoms with Gasteiger partial charge < -0.3 is 10.1 Å². The van der Waals surface area contributed by atoms with Crippen LogP contribution in [0.2, 0.25) is 0 Å². The molecule has 1 aromatic carbocycles. The predicted octanol–water partition coefficient (Wildman–Crippen LogP) is 3.51. The summed E-state index contributed by atoms with van der Waals surface area (Å²) >= 11 is 0. The van der Waals surface area contributed by atoms with E-state index < -0.39 is 0 Å². The van der Waals surface area contributed by atoms with E-state index in [1.807, 2.05) is 11.9 Å². The lowest BCUT2D eigenvalue weighted by molar-refractivity contribution is -0.116. The summed E-state index contributed by atoms with van der Waals surface area (Å²) in [5.74, 6) is 0.169. The summed E-state index contributed by atoms with van der Waals surface area (Å²) in [5.41, 5.74) is 3.59. The molecule has 2 aromatic rings. The summed E-state index contributed by atoms with van der Waals surface area (Å²) in [4.78, 5) is 26.8. The molecule has 0 radical (unpaired) electrons. The van der Waals surface area contributed by atoms with Crippen LogP contribution in [0.25, 0.3) is 11.1 Å². The summed E-state index contributed by atoms with van der Waals surface area (Å²) in [7, 11) is 0. The van der Waals surface area contributed by atoms with Gasteiger partial charge in [0.15, 0.2) is 0 Å². The zero-order valence-electron chi connectivity index (χ0n) is 19.5. The van der Waals surface area contributed by atoms with Crippen LogP contribution in [-0.4, -0.2) is 52.6 Å². The third kappa shape index (κ3) is 4.14. The number of nitrogens with zero attached hydrogens (tertiary/aromatic N) is 5. The number of hydrogen-bond acceptors (Lipinski definition) is 7. The standard InChI is InChI=1S/C26H27FN6O2/c1-15-22(25(34)31-18-8-10-35-11-9-18)28-14-20-23(16-6-7-16)32-33(24(15)20)26-29-12-17(13-30-26)19-4-2-3-5-21(19)27/h2-5,12-16,18,24H,6-11H2,1H3,(H,31,34). The van der Waals surface area contributed by atoms with Gasteiger partial charge in [-0.05, 0) is 31.7 Å². The molecule has 1 aliphatic carbocycles. The molecule has 3 aliphatic heterocycles. The lowest BCUT2D eigenvalue weighted by Gasteiger charge is -2.31. The van der Waals surface area contributed by atoms with Crippen LogP contribution in [-0.2, 0) is 9.53 Å². The van der Waals surface area contributed by atoms with E-state index in [2.05, 4.69) is 20.3 Å². The maximum absolute atomic E-state index is 14.2. The molecule has 4 aliphatic rings. The molecule has 1 N–H and O–H groups in total. The molecule has 1 saturated carbocycles. The van der Waals surface area contributed by atoms with E-state index in [1.54, 1.807) is 36.8 Å². The van der Waals surface area contributed by atoms with Gasteiger partial charge in [-0.15, -0.1) is 0 Å². The molecule has 1 amide bonds. The first-order chi connectivity index (χ1) is 17.1. The highest BCUT2D eigenvalue weighted by Crippen LogP contribution is 2.42. The number of hydrazone groups is 1. The average Bonchev–Trinajstić information content (AvgIpc) is 3.65. The Hall–Kier alpha value is -3.46. The zero-order chi connectivity index (χ0) is 23.9. The van der Waals surface area contributed by atoms with Crippen molar-refractivity contribution in [3.8, 4) is 11.1 Å². The quantitative estimate of drug-likeness (QED) is 0.716. The van der Waals surface area contributed by atoms with Crippen LogP contribution < -0.4 is 10.3 Å². The van der Waals surface area contributed by atoms with Crippen LogP contribution >= 0.6 is 0 Å². The normalized spacial score (nSPS) is 24.4. The van der Waals surface area contributed by atoms with E-state index in [1.165, 1.54) is 6.07 Å². The van der Waals surface area contributed by atoms with Crippen molar-refractivity contribution >= 4 is 23.3 Å². The van der Waals surface area contributed by atoms with E-state index in [4.69, 9.17) is 9.84 Å². The lowest BCUT2D eigenvalue weighted by atomic mass is 9.85. The van der Waals surface area contributed by atoms with Gasteiger partial charge in [0.05, 0.1) is 11.8 Å². The number of nitrogens with one attached hydrogen (secondary N) is 1. The SMILES string of the molecule is CC1C(C(=O)NC2CCOCC2)=NC=C2C(C3CC3)=NN(c3ncc(-c4ccccc4F)cn3)C21. The van der Waals surface area contributed by atoms with E-state index in [9.17, 15) is 9.18 Å². The Morgan fingerprint density at radius 2 is 1.86 bits per heavy atom. The summed E-state index contributed by atoms with van der Waals surface area (Å²) < 4.78 is 19.6. The second kappa shape index (κ2) is 8.96. The second-order valence-electron chi connectivity index (χ2n) is 9.55. The number of carbonyl (C=O) groups excluding carboxylic acids is 1. The Bertz CT molecular complexity index is 1230. The van der Waals surface area contributed by atoms with Crippen molar-refractivity contribution in [3.63, 3.8) is 0 Å². The Morgan fingerprint density at radius 1 is 1.11 bits per heavy atom. The molecule has 6 rings (SSSR count). The van der Waals surface area contributed by atoms with Crippen LogP contribution in [0.15, 0.2) is 58.5 Å². The highest BCUT2D eigenvalue weighted by molar-refractivity contribution is 6.40. The van der Waals surface area contributed by atoms with Crippen molar-refractivity contribution in [1.82, 2.24) is 15.3 Å². The molecule has 4 heterocycles. The maximum atomic E-state index is 14.2. The minimum Gasteiger partial charge on any atom is -0.381 e. The van der Waals surface area contributed by atoms with Crippen molar-refractivity contribution in [2.45, 2.75) is 44.7 Å². The van der Waals surface area contributed by atoms with E-state index in [0.717, 1.165) is 37.0 Å². The summed E-state index contributed by atoms with van der Waals surface area (Å²) in [6, 6.07) is 6.45. The van der Waals surface area contributed by atoms with Crippen LogP contribution in [0, 0.1) is 17.7 Å². The van der Waals surface area contributed by atoms with Crippen molar-refractivity contribution in [2.75, 3.05) is 18.2 Å². The molecule has 0 spiro atoms. The first kappa shape index (κ1) is 22.0. The van der Waals surface area contributed by atoms with Crippen molar-refractivity contribution in [2.24, 2.45) is 21.9 Å². The third-order valence-corrected chi connectivity index (χ3v) is 7.12. The molecule has 1 saturated heterocycles. The fraction of sp³-hybridized carbons (Fsp3) is 0.423. The summed E-state index contributed by atoms with van der Waals surface area (Å²) in [6.07, 6.45) is 8.85. The number of aromatic nitrogens is 2. The molecule has 180 valence electrons. The van der Waals surface area contributed by atoms with Crippen LogP contribution in [0.1, 0.15) is 32.6 Å². The Labute approximate surface area is 203 Å².